The molecule has 4 amide bonds. The topological polar surface area (TPSA) is 336 Å². The van der Waals surface area contributed by atoms with Gasteiger partial charge in [0.15, 0.2) is 17.3 Å². The van der Waals surface area contributed by atoms with Gasteiger partial charge in [-0.2, -0.15) is 9.97 Å². The molecule has 0 fully saturated rings. The molecule has 0 saturated carbocycles. The van der Waals surface area contributed by atoms with E-state index in [1.807, 2.05) is 85.4 Å². The highest BCUT2D eigenvalue weighted by Gasteiger charge is 2.18. The van der Waals surface area contributed by atoms with Crippen molar-refractivity contribution >= 4 is 81.7 Å². The molecular formula is C67H84N18O9. The van der Waals surface area contributed by atoms with Crippen LogP contribution in [0.3, 0.4) is 0 Å². The van der Waals surface area contributed by atoms with E-state index in [4.69, 9.17) is 0 Å². The summed E-state index contributed by atoms with van der Waals surface area (Å²) in [5.41, 5.74) is 2.07. The molecule has 0 aliphatic rings. The van der Waals surface area contributed by atoms with Crippen molar-refractivity contribution in [2.24, 2.45) is 9.98 Å². The second-order valence-corrected chi connectivity index (χ2v) is 22.0. The summed E-state index contributed by atoms with van der Waals surface area (Å²) < 4.78 is 6.78. The highest BCUT2D eigenvalue weighted by atomic mass is 16.2. The number of aromatic nitrogens is 10. The first-order chi connectivity index (χ1) is 44.0. The number of hydrogen-bond acceptors (Lipinski definition) is 15. The van der Waals surface area contributed by atoms with Crippen LogP contribution in [0.15, 0.2) is 90.6 Å². The monoisotopic (exact) mass is 1280 g/mol. The number of fused-ring (bicyclic) bond motifs is 2. The molecule has 0 saturated heterocycles. The maximum atomic E-state index is 12.5. The van der Waals surface area contributed by atoms with Crippen LogP contribution < -0.4 is 43.8 Å². The Hall–Kier alpha value is -11.5. The maximum Gasteiger partial charge on any atom is 0.349 e. The zero-order chi connectivity index (χ0) is 69.1. The number of nitrogens with one attached hydrogen (secondary N) is 6. The van der Waals surface area contributed by atoms with Gasteiger partial charge in [0.25, 0.3) is 17.0 Å². The van der Waals surface area contributed by atoms with Crippen molar-refractivity contribution in [3.63, 3.8) is 0 Å². The standard InChI is InChI=1S/C19H20N4O3.C18H23N5O.C17H22N6O2.C12H15N3O3.CH4/c1-13(2)23-12-16(10-7-11-20-14(3)24)17(22-19(23)26)21-18(25)15-8-5-4-6-9-15;1-13(2)23-10-15(9-7-6-8-14(3)24)16-17(21-12-22(4)5)19-11-20-18(16)23;1-11(2)23-9-13(7-6-8-18-12(3)24)14-15(23)20-17(21-16(14)25)19-10-22(4)5;1-8(2)15-7-10(11(17)14-12(15)18)5-4-6-13-9(3)16;/h4-6,8-9,12-13H,11H2,1-3H3,(H,20,24)(H,21,22,25,26);10-13H,6,8H2,1-5H3;9-11H,8H2,1-5H3,(H,18,24)(H,20,21,25);7-8H,6H2,1-3H3,(H,13,16)(H,14,17,18);1H4. The van der Waals surface area contributed by atoms with Crippen LogP contribution in [0.25, 0.3) is 22.1 Å². The van der Waals surface area contributed by atoms with E-state index >= 15 is 0 Å². The smallest absolute Gasteiger partial charge is 0.349 e. The number of H-pyrrole nitrogens is 2. The molecule has 94 heavy (non-hydrogen) atoms. The minimum Gasteiger partial charge on any atom is -0.369 e. The lowest BCUT2D eigenvalue weighted by atomic mass is 10.2. The lowest BCUT2D eigenvalue weighted by Crippen LogP contribution is -2.32. The number of carbonyl (C=O) groups excluding carboxylic acids is 5. The van der Waals surface area contributed by atoms with Gasteiger partial charge < -0.3 is 40.2 Å². The molecule has 0 atom stereocenters. The number of Topliss-reactive ketones (excluding diaryl/α,β-unsaturated/α-hetero) is 1. The van der Waals surface area contributed by atoms with Crippen LogP contribution >= 0.6 is 0 Å². The molecule has 27 nitrogen and oxygen atoms in total. The molecule has 7 aromatic rings. The van der Waals surface area contributed by atoms with Crippen LogP contribution in [0.1, 0.15) is 160 Å². The third kappa shape index (κ3) is 24.4. The Morgan fingerprint density at radius 1 is 0.564 bits per heavy atom. The average molecular weight is 1290 g/mol. The third-order valence-corrected chi connectivity index (χ3v) is 12.3. The first-order valence-electron chi connectivity index (χ1n) is 29.4. The molecule has 0 radical (unpaired) electrons. The van der Waals surface area contributed by atoms with Crippen molar-refractivity contribution in [2.45, 2.75) is 128 Å². The van der Waals surface area contributed by atoms with Gasteiger partial charge in [0.2, 0.25) is 23.7 Å². The Balaban J connectivity index is 0.000000328. The summed E-state index contributed by atoms with van der Waals surface area (Å²) in [5, 5.41) is 11.6. The van der Waals surface area contributed by atoms with Gasteiger partial charge in [0.05, 0.1) is 59.8 Å². The molecule has 496 valence electrons. The van der Waals surface area contributed by atoms with E-state index in [0.717, 1.165) is 16.6 Å². The van der Waals surface area contributed by atoms with Gasteiger partial charge in [-0.1, -0.05) is 73.0 Å². The van der Waals surface area contributed by atoms with Crippen LogP contribution in [0.2, 0.25) is 0 Å². The molecule has 0 bridgehead atoms. The molecule has 0 aliphatic heterocycles. The van der Waals surface area contributed by atoms with Crippen molar-refractivity contribution in [3.8, 4) is 47.4 Å². The number of rotatable bonds is 15. The number of aliphatic imine (C=N–C) groups is 2. The van der Waals surface area contributed by atoms with Crippen molar-refractivity contribution in [1.29, 1.82) is 0 Å². The number of ketones is 1. The van der Waals surface area contributed by atoms with E-state index < -0.39 is 16.9 Å². The number of amides is 4. The fourth-order valence-corrected chi connectivity index (χ4v) is 7.76. The van der Waals surface area contributed by atoms with Crippen molar-refractivity contribution in [2.75, 3.05) is 53.1 Å². The second-order valence-electron chi connectivity index (χ2n) is 22.0. The Morgan fingerprint density at radius 2 is 1.04 bits per heavy atom. The predicted molar refractivity (Wildman–Crippen MR) is 368 cm³/mol. The van der Waals surface area contributed by atoms with E-state index in [-0.39, 0.29) is 104 Å². The molecule has 27 heteroatoms. The number of benzene rings is 1. The molecule has 0 spiro atoms. The molecule has 6 N–H and O–H groups in total. The summed E-state index contributed by atoms with van der Waals surface area (Å²) in [5.74, 6) is 23.1. The largest absolute Gasteiger partial charge is 0.369 e. The summed E-state index contributed by atoms with van der Waals surface area (Å²) >= 11 is 0. The summed E-state index contributed by atoms with van der Waals surface area (Å²) in [6.07, 6.45) is 12.6. The molecule has 1 aromatic carbocycles. The van der Waals surface area contributed by atoms with Gasteiger partial charge in [-0.15, -0.1) is 0 Å². The first-order valence-corrected chi connectivity index (χ1v) is 29.4. The number of carbonyl (C=O) groups is 5. The Labute approximate surface area is 546 Å². The fraction of sp³-hybridized carbons (Fsp3) is 0.388. The number of hydrogen-bond donors (Lipinski definition) is 6. The SMILES string of the molecule is C.CC(=O)CCC#Cc1cn(C(C)C)c2ncnc(N=CN(C)C)c12.CC(=O)NCC#Cc1cn(C(C)C)c(=O)[nH]c1=O.CC(=O)NCC#Cc1cn(C(C)C)c(=O)nc1NC(=O)c1ccccc1.CC(=O)NCC#Cc1cn(C(C)C)c2nc(N=CN(C)C)[nH]c(=O)c12. The van der Waals surface area contributed by atoms with Crippen LogP contribution in [-0.2, 0) is 19.2 Å². The van der Waals surface area contributed by atoms with Crippen molar-refractivity contribution < 1.29 is 24.0 Å². The molecule has 0 aliphatic carbocycles. The summed E-state index contributed by atoms with van der Waals surface area (Å²) in [6.45, 7) is 21.9. The van der Waals surface area contributed by atoms with Gasteiger partial charge in [0, 0.05) is 116 Å². The van der Waals surface area contributed by atoms with Crippen LogP contribution in [0, 0.1) is 47.4 Å². The van der Waals surface area contributed by atoms with Crippen LogP contribution in [0.5, 0.6) is 0 Å². The zero-order valence-corrected chi connectivity index (χ0v) is 55.3. The Bertz CT molecular complexity index is 4400. The van der Waals surface area contributed by atoms with Gasteiger partial charge in [-0.05, 0) is 74.4 Å². The van der Waals surface area contributed by atoms with E-state index in [9.17, 15) is 43.2 Å². The van der Waals surface area contributed by atoms with Crippen LogP contribution in [-0.4, -0.2) is 148 Å². The lowest BCUT2D eigenvalue weighted by molar-refractivity contribution is -0.119. The van der Waals surface area contributed by atoms with Crippen molar-refractivity contribution in [1.82, 2.24) is 73.9 Å². The number of anilines is 1. The minimum atomic E-state index is -0.521. The van der Waals surface area contributed by atoms with E-state index in [1.165, 1.54) is 42.4 Å². The molecule has 7 rings (SSSR count). The third-order valence-electron chi connectivity index (χ3n) is 12.3. The van der Waals surface area contributed by atoms with Gasteiger partial charge >= 0.3 is 11.4 Å². The van der Waals surface area contributed by atoms with Crippen molar-refractivity contribution in [3.05, 3.63) is 131 Å². The lowest BCUT2D eigenvalue weighted by Gasteiger charge is -2.12. The van der Waals surface area contributed by atoms with E-state index in [1.54, 1.807) is 67.2 Å². The Kier molecular flexibility index (Phi) is 30.8. The minimum absolute atomic E-state index is 0. The van der Waals surface area contributed by atoms with Crippen LogP contribution in [0.4, 0.5) is 17.6 Å². The molecule has 6 aromatic heterocycles. The predicted octanol–water partition coefficient (Wildman–Crippen LogP) is 5.77. The van der Waals surface area contributed by atoms with E-state index in [2.05, 4.69) is 127 Å². The number of nitrogens with zero attached hydrogens (tertiary/aromatic N) is 12. The normalized spacial score (nSPS) is 10.4. The summed E-state index contributed by atoms with van der Waals surface area (Å²) in [4.78, 5) is 138. The zero-order valence-electron chi connectivity index (χ0n) is 55.3. The molecular weight excluding hydrogens is 1200 g/mol. The number of aromatic amines is 2. The van der Waals surface area contributed by atoms with Gasteiger partial charge in [-0.3, -0.25) is 52.7 Å². The second kappa shape index (κ2) is 37.6. The molecule has 0 unspecified atom stereocenters. The highest BCUT2D eigenvalue weighted by molar-refractivity contribution is 6.04. The quantitative estimate of drug-likeness (QED) is 0.0403. The highest BCUT2D eigenvalue weighted by Crippen LogP contribution is 2.29. The van der Waals surface area contributed by atoms with Gasteiger partial charge in [0.1, 0.15) is 23.3 Å². The first kappa shape index (κ1) is 76.8. The maximum absolute atomic E-state index is 12.5. The average Bonchev–Trinajstić information content (AvgIpc) is 1.64. The van der Waals surface area contributed by atoms with E-state index in [0.29, 0.717) is 46.4 Å². The summed E-state index contributed by atoms with van der Waals surface area (Å²) in [7, 11) is 7.48. The summed E-state index contributed by atoms with van der Waals surface area (Å²) in [6, 6.07) is 8.79. The van der Waals surface area contributed by atoms with Gasteiger partial charge in [-0.25, -0.2) is 29.5 Å². The Morgan fingerprint density at radius 3 is 1.56 bits per heavy atom. The molecule has 6 heterocycles. The fourth-order valence-electron chi connectivity index (χ4n) is 7.76.